The lowest BCUT2D eigenvalue weighted by Gasteiger charge is -2.17. The zero-order valence-electron chi connectivity index (χ0n) is 8.13. The van der Waals surface area contributed by atoms with E-state index in [2.05, 4.69) is 5.32 Å². The highest BCUT2D eigenvalue weighted by Gasteiger charge is 2.46. The first-order valence-electron chi connectivity index (χ1n) is 4.49. The number of carbonyl (C=O) groups excluding carboxylic acids is 2. The topological polar surface area (TPSA) is 46.2 Å². The van der Waals surface area contributed by atoms with Crippen LogP contribution in [0.25, 0.3) is 0 Å². The minimum absolute atomic E-state index is 0.125. The Balaban J connectivity index is 2.66. The zero-order chi connectivity index (χ0) is 10.3. The fraction of sp³-hybridized carbons (Fsp3) is 0.273. The SMILES string of the molecule is CC(=O)C1(C)C(=O)Nc2ccccc21. The molecule has 1 unspecified atom stereocenters. The Hall–Kier alpha value is -1.64. The molecule has 1 atom stereocenters. The lowest BCUT2D eigenvalue weighted by atomic mass is 9.80. The monoisotopic (exact) mass is 189 g/mol. The summed E-state index contributed by atoms with van der Waals surface area (Å²) in [5, 5.41) is 2.71. The molecule has 2 rings (SSSR count). The number of ketones is 1. The smallest absolute Gasteiger partial charge is 0.242 e. The van der Waals surface area contributed by atoms with E-state index in [1.165, 1.54) is 6.92 Å². The number of carbonyl (C=O) groups is 2. The van der Waals surface area contributed by atoms with E-state index in [4.69, 9.17) is 0 Å². The Morgan fingerprint density at radius 3 is 2.64 bits per heavy atom. The van der Waals surface area contributed by atoms with Crippen molar-refractivity contribution in [3.05, 3.63) is 29.8 Å². The van der Waals surface area contributed by atoms with Gasteiger partial charge in [-0.05, 0) is 25.5 Å². The number of hydrogen-bond acceptors (Lipinski definition) is 2. The third kappa shape index (κ3) is 0.923. The molecular formula is C11H11NO2. The van der Waals surface area contributed by atoms with Crippen molar-refractivity contribution in [2.75, 3.05) is 5.32 Å². The highest BCUT2D eigenvalue weighted by molar-refractivity contribution is 6.20. The normalized spacial score (nSPS) is 24.3. The largest absolute Gasteiger partial charge is 0.325 e. The van der Waals surface area contributed by atoms with E-state index in [9.17, 15) is 9.59 Å². The van der Waals surface area contributed by atoms with Crippen molar-refractivity contribution in [1.82, 2.24) is 0 Å². The van der Waals surface area contributed by atoms with Gasteiger partial charge in [0.05, 0.1) is 0 Å². The molecule has 0 aromatic heterocycles. The molecule has 1 heterocycles. The summed E-state index contributed by atoms with van der Waals surface area (Å²) >= 11 is 0. The Morgan fingerprint density at radius 2 is 2.00 bits per heavy atom. The van der Waals surface area contributed by atoms with Gasteiger partial charge >= 0.3 is 0 Å². The van der Waals surface area contributed by atoms with Gasteiger partial charge in [0.2, 0.25) is 5.91 Å². The molecular weight excluding hydrogens is 178 g/mol. The molecule has 1 aliphatic rings. The van der Waals surface area contributed by atoms with Gasteiger partial charge in [-0.2, -0.15) is 0 Å². The number of nitrogens with one attached hydrogen (secondary N) is 1. The van der Waals surface area contributed by atoms with Crippen LogP contribution in [-0.4, -0.2) is 11.7 Å². The quantitative estimate of drug-likeness (QED) is 0.680. The molecule has 0 bridgehead atoms. The van der Waals surface area contributed by atoms with E-state index >= 15 is 0 Å². The maximum absolute atomic E-state index is 11.7. The van der Waals surface area contributed by atoms with Crippen molar-refractivity contribution in [2.24, 2.45) is 0 Å². The lowest BCUT2D eigenvalue weighted by Crippen LogP contribution is -2.37. The number of fused-ring (bicyclic) bond motifs is 1. The summed E-state index contributed by atoms with van der Waals surface area (Å²) < 4.78 is 0. The van der Waals surface area contributed by atoms with E-state index in [0.717, 1.165) is 11.3 Å². The Labute approximate surface area is 82.1 Å². The van der Waals surface area contributed by atoms with Crippen LogP contribution < -0.4 is 5.32 Å². The molecule has 3 nitrogen and oxygen atoms in total. The highest BCUT2D eigenvalue weighted by atomic mass is 16.2. The van der Waals surface area contributed by atoms with Gasteiger partial charge in [0, 0.05) is 5.69 Å². The molecule has 14 heavy (non-hydrogen) atoms. The molecule has 0 aliphatic carbocycles. The number of rotatable bonds is 1. The average Bonchev–Trinajstić information content (AvgIpc) is 2.41. The van der Waals surface area contributed by atoms with Crippen LogP contribution in [0.4, 0.5) is 5.69 Å². The molecule has 3 heteroatoms. The molecule has 0 radical (unpaired) electrons. The minimum Gasteiger partial charge on any atom is -0.325 e. The van der Waals surface area contributed by atoms with Crippen molar-refractivity contribution >= 4 is 17.4 Å². The number of hydrogen-bond donors (Lipinski definition) is 1. The van der Waals surface area contributed by atoms with Crippen LogP contribution in [0.2, 0.25) is 0 Å². The van der Waals surface area contributed by atoms with Crippen molar-refractivity contribution < 1.29 is 9.59 Å². The number of para-hydroxylation sites is 1. The van der Waals surface area contributed by atoms with Gasteiger partial charge in [0.1, 0.15) is 11.2 Å². The Kier molecular flexibility index (Phi) is 1.71. The summed E-state index contributed by atoms with van der Waals surface area (Å²) in [5.74, 6) is -0.355. The molecule has 0 spiro atoms. The molecule has 1 aliphatic heterocycles. The van der Waals surface area contributed by atoms with Crippen molar-refractivity contribution in [1.29, 1.82) is 0 Å². The molecule has 1 aromatic rings. The summed E-state index contributed by atoms with van der Waals surface area (Å²) in [4.78, 5) is 23.1. The van der Waals surface area contributed by atoms with Crippen LogP contribution in [0.5, 0.6) is 0 Å². The highest BCUT2D eigenvalue weighted by Crippen LogP contribution is 2.37. The van der Waals surface area contributed by atoms with E-state index in [-0.39, 0.29) is 11.7 Å². The van der Waals surface area contributed by atoms with Crippen LogP contribution in [0.1, 0.15) is 19.4 Å². The average molecular weight is 189 g/mol. The Bertz CT molecular complexity index is 425. The van der Waals surface area contributed by atoms with Crippen molar-refractivity contribution in [2.45, 2.75) is 19.3 Å². The second-order valence-electron chi connectivity index (χ2n) is 3.68. The first-order valence-corrected chi connectivity index (χ1v) is 4.49. The molecule has 1 N–H and O–H groups in total. The predicted molar refractivity (Wildman–Crippen MR) is 53.1 cm³/mol. The summed E-state index contributed by atoms with van der Waals surface area (Å²) in [6, 6.07) is 7.29. The maximum Gasteiger partial charge on any atom is 0.242 e. The Morgan fingerprint density at radius 1 is 1.36 bits per heavy atom. The fourth-order valence-electron chi connectivity index (χ4n) is 1.75. The first kappa shape index (κ1) is 8.94. The number of Topliss-reactive ketones (excluding diaryl/α,β-unsaturated/α-hetero) is 1. The van der Waals surface area contributed by atoms with E-state index in [1.54, 1.807) is 13.0 Å². The van der Waals surface area contributed by atoms with Crippen LogP contribution in [0, 0.1) is 0 Å². The first-order chi connectivity index (χ1) is 6.56. The standard InChI is InChI=1S/C11H11NO2/c1-7(13)11(2)8-5-3-4-6-9(8)12-10(11)14/h3-6H,1-2H3,(H,12,14). The summed E-state index contributed by atoms with van der Waals surface area (Å²) in [6.07, 6.45) is 0. The second kappa shape index (κ2) is 2.67. The van der Waals surface area contributed by atoms with Crippen LogP contribution >= 0.6 is 0 Å². The van der Waals surface area contributed by atoms with Gasteiger partial charge in [0.25, 0.3) is 0 Å². The summed E-state index contributed by atoms with van der Waals surface area (Å²) in [7, 11) is 0. The minimum atomic E-state index is -1.00. The predicted octanol–water partition coefficient (Wildman–Crippen LogP) is 1.49. The number of amides is 1. The number of anilines is 1. The molecule has 0 saturated carbocycles. The molecule has 1 amide bonds. The van der Waals surface area contributed by atoms with Gasteiger partial charge < -0.3 is 5.32 Å². The van der Waals surface area contributed by atoms with Crippen molar-refractivity contribution in [3.8, 4) is 0 Å². The molecule has 1 aromatic carbocycles. The van der Waals surface area contributed by atoms with E-state index in [1.807, 2.05) is 18.2 Å². The van der Waals surface area contributed by atoms with Crippen LogP contribution in [0.15, 0.2) is 24.3 Å². The summed E-state index contributed by atoms with van der Waals surface area (Å²) in [5.41, 5.74) is 0.518. The van der Waals surface area contributed by atoms with Crippen molar-refractivity contribution in [3.63, 3.8) is 0 Å². The third-order valence-corrected chi connectivity index (χ3v) is 2.87. The molecule has 0 fully saturated rings. The van der Waals surface area contributed by atoms with Crippen LogP contribution in [-0.2, 0) is 15.0 Å². The van der Waals surface area contributed by atoms with Gasteiger partial charge in [-0.1, -0.05) is 18.2 Å². The summed E-state index contributed by atoms with van der Waals surface area (Å²) in [6.45, 7) is 3.11. The zero-order valence-corrected chi connectivity index (χ0v) is 8.13. The third-order valence-electron chi connectivity index (χ3n) is 2.87. The van der Waals surface area contributed by atoms with Gasteiger partial charge in [-0.3, -0.25) is 9.59 Å². The van der Waals surface area contributed by atoms with E-state index < -0.39 is 5.41 Å². The maximum atomic E-state index is 11.7. The molecule has 72 valence electrons. The lowest BCUT2D eigenvalue weighted by molar-refractivity contribution is -0.130. The van der Waals surface area contributed by atoms with Gasteiger partial charge in [-0.15, -0.1) is 0 Å². The van der Waals surface area contributed by atoms with E-state index in [0.29, 0.717) is 0 Å². The van der Waals surface area contributed by atoms with Gasteiger partial charge in [-0.25, -0.2) is 0 Å². The second-order valence-corrected chi connectivity index (χ2v) is 3.68. The molecule has 0 saturated heterocycles. The fourth-order valence-corrected chi connectivity index (χ4v) is 1.75. The number of benzene rings is 1. The van der Waals surface area contributed by atoms with Gasteiger partial charge in [0.15, 0.2) is 0 Å². The van der Waals surface area contributed by atoms with Crippen LogP contribution in [0.3, 0.4) is 0 Å².